The Morgan fingerprint density at radius 3 is 2.62 bits per heavy atom. The van der Waals surface area contributed by atoms with Crippen LogP contribution >= 0.6 is 11.6 Å². The van der Waals surface area contributed by atoms with E-state index in [2.05, 4.69) is 9.98 Å². The summed E-state index contributed by atoms with van der Waals surface area (Å²) in [6, 6.07) is 7.48. The number of hydrogen-bond donors (Lipinski definition) is 1. The number of benzene rings is 1. The number of methoxy groups -OCH3 is 1. The minimum atomic E-state index is -0.955. The summed E-state index contributed by atoms with van der Waals surface area (Å²) in [5, 5.41) is 10.5. The van der Waals surface area contributed by atoms with Gasteiger partial charge in [0.05, 0.1) is 23.4 Å². The lowest BCUT2D eigenvalue weighted by atomic mass is 9.93. The molecule has 1 unspecified atom stereocenters. The summed E-state index contributed by atoms with van der Waals surface area (Å²) in [6.07, 6.45) is 7.26. The number of aromatic nitrogens is 1. The molecular weight excluding hydrogens is 352 g/mol. The molecule has 1 aromatic carbocycles. The van der Waals surface area contributed by atoms with Crippen molar-refractivity contribution in [1.29, 1.82) is 0 Å². The fraction of sp³-hybridized carbons (Fsp3) is 0.300. The van der Waals surface area contributed by atoms with Crippen LogP contribution < -0.4 is 9.47 Å². The maximum absolute atomic E-state index is 9.97. The van der Waals surface area contributed by atoms with Gasteiger partial charge >= 0.3 is 0 Å². The van der Waals surface area contributed by atoms with Gasteiger partial charge in [-0.15, -0.1) is 0 Å². The molecule has 0 saturated heterocycles. The normalized spacial score (nSPS) is 16.1. The maximum atomic E-state index is 9.97. The Hall–Kier alpha value is -2.37. The second kappa shape index (κ2) is 7.48. The van der Waals surface area contributed by atoms with E-state index in [1.165, 1.54) is 0 Å². The number of nitrogens with zero attached hydrogens (tertiary/aromatic N) is 2. The van der Waals surface area contributed by atoms with Crippen LogP contribution in [0.5, 0.6) is 11.5 Å². The largest absolute Gasteiger partial charge is 0.493 e. The molecule has 1 aromatic heterocycles. The molecule has 26 heavy (non-hydrogen) atoms. The maximum Gasteiger partial charge on any atom is 0.162 e. The van der Waals surface area contributed by atoms with E-state index >= 15 is 0 Å². The number of aliphatic imine (C=N–C) groups is 1. The quantitative estimate of drug-likeness (QED) is 0.823. The first-order chi connectivity index (χ1) is 12.4. The standard InChI is InChI=1S/C20H21ClN2O3/c1-20(2,24)12-26-19-9-16(17-5-4-14(21)11-23-17)15(8-18(19)25-3)13-6-7-22-10-13/h4-11,13,24H,12H2,1-3H3. The molecule has 136 valence electrons. The lowest BCUT2D eigenvalue weighted by Crippen LogP contribution is -2.28. The number of pyridine rings is 1. The van der Waals surface area contributed by atoms with Crippen LogP contribution in [-0.2, 0) is 0 Å². The van der Waals surface area contributed by atoms with Crippen LogP contribution in [0.4, 0.5) is 0 Å². The van der Waals surface area contributed by atoms with Crippen molar-refractivity contribution >= 4 is 17.8 Å². The summed E-state index contributed by atoms with van der Waals surface area (Å²) in [4.78, 5) is 8.62. The van der Waals surface area contributed by atoms with E-state index < -0.39 is 5.60 Å². The van der Waals surface area contributed by atoms with Gasteiger partial charge in [-0.2, -0.15) is 0 Å². The molecule has 3 rings (SSSR count). The third-order valence-electron chi connectivity index (χ3n) is 3.91. The van der Waals surface area contributed by atoms with E-state index in [4.69, 9.17) is 21.1 Å². The summed E-state index contributed by atoms with van der Waals surface area (Å²) in [5.74, 6) is 1.17. The van der Waals surface area contributed by atoms with Crippen LogP contribution in [0, 0.1) is 0 Å². The number of halogens is 1. The molecule has 0 spiro atoms. The summed E-state index contributed by atoms with van der Waals surface area (Å²) in [6.45, 7) is 3.52. The second-order valence-corrected chi connectivity index (χ2v) is 7.15. The summed E-state index contributed by atoms with van der Waals surface area (Å²) in [7, 11) is 1.59. The van der Waals surface area contributed by atoms with Gasteiger partial charge in [-0.25, -0.2) is 0 Å². The van der Waals surface area contributed by atoms with Crippen LogP contribution in [0.3, 0.4) is 0 Å². The van der Waals surface area contributed by atoms with Crippen LogP contribution in [0.2, 0.25) is 5.02 Å². The topological polar surface area (TPSA) is 63.9 Å². The first kappa shape index (κ1) is 18.4. The molecule has 0 aliphatic carbocycles. The monoisotopic (exact) mass is 372 g/mol. The van der Waals surface area contributed by atoms with E-state index in [9.17, 15) is 5.11 Å². The fourth-order valence-electron chi connectivity index (χ4n) is 2.65. The molecule has 2 aromatic rings. The highest BCUT2D eigenvalue weighted by Gasteiger charge is 2.21. The Morgan fingerprint density at radius 1 is 1.23 bits per heavy atom. The van der Waals surface area contributed by atoms with E-state index in [0.29, 0.717) is 16.5 Å². The van der Waals surface area contributed by atoms with Gasteiger partial charge in [-0.3, -0.25) is 9.98 Å². The molecule has 5 nitrogen and oxygen atoms in total. The summed E-state index contributed by atoms with van der Waals surface area (Å²) in [5.41, 5.74) is 1.72. The van der Waals surface area contributed by atoms with E-state index in [1.807, 2.05) is 30.5 Å². The van der Waals surface area contributed by atoms with Crippen molar-refractivity contribution < 1.29 is 14.6 Å². The van der Waals surface area contributed by atoms with E-state index in [1.54, 1.807) is 39.4 Å². The molecule has 0 amide bonds. The number of hydrogen-bond acceptors (Lipinski definition) is 5. The predicted octanol–water partition coefficient (Wildman–Crippen LogP) is 4.24. The predicted molar refractivity (Wildman–Crippen MR) is 103 cm³/mol. The van der Waals surface area contributed by atoms with Crippen molar-refractivity contribution in [2.24, 2.45) is 4.99 Å². The van der Waals surface area contributed by atoms with Gasteiger partial charge in [0, 0.05) is 30.1 Å². The lowest BCUT2D eigenvalue weighted by molar-refractivity contribution is 0.0276. The van der Waals surface area contributed by atoms with Crippen molar-refractivity contribution in [3.8, 4) is 22.8 Å². The minimum absolute atomic E-state index is 0.0275. The second-order valence-electron chi connectivity index (χ2n) is 6.72. The van der Waals surface area contributed by atoms with Gasteiger partial charge in [-0.1, -0.05) is 17.7 Å². The molecule has 0 saturated carbocycles. The molecule has 1 aliphatic heterocycles. The van der Waals surface area contributed by atoms with Crippen molar-refractivity contribution in [3.63, 3.8) is 0 Å². The van der Waals surface area contributed by atoms with E-state index in [0.717, 1.165) is 16.8 Å². The van der Waals surface area contributed by atoms with Gasteiger partial charge in [0.15, 0.2) is 11.5 Å². The van der Waals surface area contributed by atoms with Crippen LogP contribution in [0.25, 0.3) is 11.3 Å². The minimum Gasteiger partial charge on any atom is -0.493 e. The number of ether oxygens (including phenoxy) is 2. The molecule has 1 atom stereocenters. The highest BCUT2D eigenvalue weighted by atomic mass is 35.5. The molecule has 0 bridgehead atoms. The van der Waals surface area contributed by atoms with Crippen molar-refractivity contribution in [3.05, 3.63) is 53.3 Å². The molecule has 1 aliphatic rings. The average molecular weight is 373 g/mol. The number of rotatable bonds is 6. The van der Waals surface area contributed by atoms with Crippen LogP contribution in [0.15, 0.2) is 47.7 Å². The zero-order valence-corrected chi connectivity index (χ0v) is 15.7. The molecule has 6 heteroatoms. The molecule has 0 fully saturated rings. The van der Waals surface area contributed by atoms with Crippen molar-refractivity contribution in [2.45, 2.75) is 25.4 Å². The fourth-order valence-corrected chi connectivity index (χ4v) is 2.77. The smallest absolute Gasteiger partial charge is 0.162 e. The Morgan fingerprint density at radius 2 is 2.04 bits per heavy atom. The zero-order valence-electron chi connectivity index (χ0n) is 14.9. The summed E-state index contributed by atoms with van der Waals surface area (Å²) >= 11 is 5.98. The van der Waals surface area contributed by atoms with Crippen LogP contribution in [0.1, 0.15) is 25.3 Å². The van der Waals surface area contributed by atoms with E-state index in [-0.39, 0.29) is 12.5 Å². The average Bonchev–Trinajstić information content (AvgIpc) is 3.14. The third-order valence-corrected chi connectivity index (χ3v) is 4.13. The highest BCUT2D eigenvalue weighted by Crippen LogP contribution is 2.39. The molecular formula is C20H21ClN2O3. The molecule has 0 radical (unpaired) electrons. The molecule has 1 N–H and O–H groups in total. The zero-order chi connectivity index (χ0) is 18.7. The first-order valence-corrected chi connectivity index (χ1v) is 8.64. The highest BCUT2D eigenvalue weighted by molar-refractivity contribution is 6.30. The van der Waals surface area contributed by atoms with Gasteiger partial charge in [-0.05, 0) is 43.7 Å². The molecule has 2 heterocycles. The number of aliphatic hydroxyl groups is 1. The van der Waals surface area contributed by atoms with Crippen molar-refractivity contribution in [2.75, 3.05) is 13.7 Å². The Kier molecular flexibility index (Phi) is 5.30. The SMILES string of the molecule is COc1cc(C2C=CN=C2)c(-c2ccc(Cl)cn2)cc1OCC(C)(C)O. The Balaban J connectivity index is 2.09. The van der Waals surface area contributed by atoms with Gasteiger partial charge in [0.2, 0.25) is 0 Å². The van der Waals surface area contributed by atoms with Gasteiger partial charge < -0.3 is 14.6 Å². The summed E-state index contributed by atoms with van der Waals surface area (Å²) < 4.78 is 11.3. The number of allylic oxidation sites excluding steroid dienone is 1. The third kappa shape index (κ3) is 4.23. The van der Waals surface area contributed by atoms with Gasteiger partial charge in [0.25, 0.3) is 0 Å². The van der Waals surface area contributed by atoms with Gasteiger partial charge in [0.1, 0.15) is 6.61 Å². The van der Waals surface area contributed by atoms with Crippen molar-refractivity contribution in [1.82, 2.24) is 4.98 Å². The Labute approximate surface area is 158 Å². The Bertz CT molecular complexity index is 827. The van der Waals surface area contributed by atoms with Crippen LogP contribution in [-0.4, -0.2) is 35.6 Å². The first-order valence-electron chi connectivity index (χ1n) is 8.26. The lowest BCUT2D eigenvalue weighted by Gasteiger charge is -2.21.